The number of hydrogen-bond donors (Lipinski definition) is 2. The molecule has 0 saturated heterocycles. The molecule has 0 aliphatic heterocycles. The van der Waals surface area contributed by atoms with Gasteiger partial charge in [-0.1, -0.05) is 33.1 Å². The van der Waals surface area contributed by atoms with Crippen molar-refractivity contribution in [1.82, 2.24) is 5.32 Å². The van der Waals surface area contributed by atoms with Gasteiger partial charge in [0.05, 0.1) is 5.41 Å². The Kier molecular flexibility index (Phi) is 4.88. The van der Waals surface area contributed by atoms with Crippen molar-refractivity contribution in [3.8, 4) is 0 Å². The first-order chi connectivity index (χ1) is 9.07. The lowest BCUT2D eigenvalue weighted by Crippen LogP contribution is -2.52. The van der Waals surface area contributed by atoms with E-state index in [1.807, 2.05) is 0 Å². The third-order valence-electron chi connectivity index (χ3n) is 5.43. The molecule has 3 N–H and O–H groups in total. The molecule has 0 bridgehead atoms. The van der Waals surface area contributed by atoms with Crippen LogP contribution in [0.4, 0.5) is 0 Å². The van der Waals surface area contributed by atoms with E-state index in [9.17, 15) is 4.79 Å². The molecule has 3 heteroatoms. The molecule has 110 valence electrons. The quantitative estimate of drug-likeness (QED) is 0.825. The van der Waals surface area contributed by atoms with Crippen molar-refractivity contribution in [2.24, 2.45) is 23.0 Å². The molecule has 0 heterocycles. The van der Waals surface area contributed by atoms with Crippen LogP contribution in [0.5, 0.6) is 0 Å². The first kappa shape index (κ1) is 14.8. The molecule has 0 spiro atoms. The summed E-state index contributed by atoms with van der Waals surface area (Å²) in [5.74, 6) is 1.65. The highest BCUT2D eigenvalue weighted by atomic mass is 16.2. The highest BCUT2D eigenvalue weighted by Gasteiger charge is 2.39. The fourth-order valence-electron chi connectivity index (χ4n) is 3.95. The van der Waals surface area contributed by atoms with Gasteiger partial charge in [-0.2, -0.15) is 0 Å². The fourth-order valence-corrected chi connectivity index (χ4v) is 3.95. The standard InChI is InChI=1S/C16H30N2O/c1-12-6-7-14(13(2)10-12)18-15(19)16(11-17)8-4-3-5-9-16/h12-14H,3-11,17H2,1-2H3,(H,18,19). The van der Waals surface area contributed by atoms with Gasteiger partial charge in [0, 0.05) is 12.6 Å². The number of amides is 1. The number of carbonyl (C=O) groups excluding carboxylic acids is 1. The Morgan fingerprint density at radius 3 is 2.47 bits per heavy atom. The van der Waals surface area contributed by atoms with Gasteiger partial charge < -0.3 is 11.1 Å². The maximum atomic E-state index is 12.7. The van der Waals surface area contributed by atoms with Crippen LogP contribution in [-0.4, -0.2) is 18.5 Å². The predicted octanol–water partition coefficient (Wildman–Crippen LogP) is 2.84. The molecule has 1 amide bonds. The molecule has 2 aliphatic carbocycles. The van der Waals surface area contributed by atoms with E-state index in [4.69, 9.17) is 5.73 Å². The number of carbonyl (C=O) groups is 1. The van der Waals surface area contributed by atoms with E-state index < -0.39 is 0 Å². The first-order valence-electron chi connectivity index (χ1n) is 8.08. The van der Waals surface area contributed by atoms with Gasteiger partial charge in [0.1, 0.15) is 0 Å². The summed E-state index contributed by atoms with van der Waals surface area (Å²) >= 11 is 0. The summed E-state index contributed by atoms with van der Waals surface area (Å²) in [4.78, 5) is 12.7. The summed E-state index contributed by atoms with van der Waals surface area (Å²) in [5.41, 5.74) is 5.68. The summed E-state index contributed by atoms with van der Waals surface area (Å²) in [6.07, 6.45) is 9.13. The maximum absolute atomic E-state index is 12.7. The lowest BCUT2D eigenvalue weighted by Gasteiger charge is -2.39. The largest absolute Gasteiger partial charge is 0.353 e. The van der Waals surface area contributed by atoms with Crippen molar-refractivity contribution < 1.29 is 4.79 Å². The number of rotatable bonds is 3. The minimum absolute atomic E-state index is 0.237. The second-order valence-electron chi connectivity index (χ2n) is 7.02. The van der Waals surface area contributed by atoms with Crippen molar-refractivity contribution in [3.05, 3.63) is 0 Å². The monoisotopic (exact) mass is 266 g/mol. The molecule has 3 unspecified atom stereocenters. The summed E-state index contributed by atoms with van der Waals surface area (Å²) in [6.45, 7) is 5.10. The van der Waals surface area contributed by atoms with E-state index >= 15 is 0 Å². The minimum Gasteiger partial charge on any atom is -0.353 e. The molecule has 2 aliphatic rings. The topological polar surface area (TPSA) is 55.1 Å². The second-order valence-corrected chi connectivity index (χ2v) is 7.02. The van der Waals surface area contributed by atoms with Crippen LogP contribution in [-0.2, 0) is 4.79 Å². The van der Waals surface area contributed by atoms with Crippen LogP contribution >= 0.6 is 0 Å². The molecule has 0 aromatic heterocycles. The highest BCUT2D eigenvalue weighted by Crippen LogP contribution is 2.36. The van der Waals surface area contributed by atoms with Gasteiger partial charge in [-0.05, 0) is 43.9 Å². The third-order valence-corrected chi connectivity index (χ3v) is 5.43. The van der Waals surface area contributed by atoms with Crippen molar-refractivity contribution in [2.75, 3.05) is 6.54 Å². The molecule has 3 atom stereocenters. The van der Waals surface area contributed by atoms with Crippen LogP contribution in [0, 0.1) is 17.3 Å². The minimum atomic E-state index is -0.263. The zero-order valence-electron chi connectivity index (χ0n) is 12.6. The lowest BCUT2D eigenvalue weighted by molar-refractivity contribution is -0.133. The zero-order valence-corrected chi connectivity index (χ0v) is 12.6. The molecule has 0 radical (unpaired) electrons. The Labute approximate surface area is 117 Å². The van der Waals surface area contributed by atoms with E-state index in [2.05, 4.69) is 19.2 Å². The van der Waals surface area contributed by atoms with Crippen LogP contribution in [0.1, 0.15) is 65.2 Å². The first-order valence-corrected chi connectivity index (χ1v) is 8.08. The van der Waals surface area contributed by atoms with Gasteiger partial charge in [-0.3, -0.25) is 4.79 Å². The molecule has 2 fully saturated rings. The molecule has 0 aromatic rings. The van der Waals surface area contributed by atoms with Crippen molar-refractivity contribution >= 4 is 5.91 Å². The number of nitrogens with one attached hydrogen (secondary N) is 1. The van der Waals surface area contributed by atoms with E-state index in [1.165, 1.54) is 19.3 Å². The fraction of sp³-hybridized carbons (Fsp3) is 0.938. The smallest absolute Gasteiger partial charge is 0.227 e. The molecule has 3 nitrogen and oxygen atoms in total. The Morgan fingerprint density at radius 1 is 1.21 bits per heavy atom. The normalized spacial score (nSPS) is 34.8. The summed E-state index contributed by atoms with van der Waals surface area (Å²) in [7, 11) is 0. The van der Waals surface area contributed by atoms with E-state index in [0.717, 1.165) is 38.0 Å². The Bertz CT molecular complexity index is 310. The van der Waals surface area contributed by atoms with Crippen LogP contribution < -0.4 is 11.1 Å². The predicted molar refractivity (Wildman–Crippen MR) is 78.7 cm³/mol. The van der Waals surface area contributed by atoms with Crippen molar-refractivity contribution in [2.45, 2.75) is 71.3 Å². The molecular weight excluding hydrogens is 236 g/mol. The zero-order chi connectivity index (χ0) is 13.9. The van der Waals surface area contributed by atoms with Gasteiger partial charge in [-0.25, -0.2) is 0 Å². The van der Waals surface area contributed by atoms with Gasteiger partial charge >= 0.3 is 0 Å². The van der Waals surface area contributed by atoms with Crippen LogP contribution in [0.3, 0.4) is 0 Å². The van der Waals surface area contributed by atoms with Gasteiger partial charge in [0.25, 0.3) is 0 Å². The van der Waals surface area contributed by atoms with Crippen LogP contribution in [0.25, 0.3) is 0 Å². The average Bonchev–Trinajstić information content (AvgIpc) is 2.42. The molecular formula is C16H30N2O. The number of nitrogens with two attached hydrogens (primary N) is 1. The van der Waals surface area contributed by atoms with E-state index in [0.29, 0.717) is 18.5 Å². The van der Waals surface area contributed by atoms with Crippen molar-refractivity contribution in [1.29, 1.82) is 0 Å². The van der Waals surface area contributed by atoms with Crippen LogP contribution in [0.2, 0.25) is 0 Å². The summed E-state index contributed by atoms with van der Waals surface area (Å²) in [5, 5.41) is 3.33. The average molecular weight is 266 g/mol. The highest BCUT2D eigenvalue weighted by molar-refractivity contribution is 5.83. The molecule has 19 heavy (non-hydrogen) atoms. The third kappa shape index (κ3) is 3.31. The molecule has 2 saturated carbocycles. The van der Waals surface area contributed by atoms with Crippen LogP contribution in [0.15, 0.2) is 0 Å². The van der Waals surface area contributed by atoms with Gasteiger partial charge in [0.15, 0.2) is 0 Å². The van der Waals surface area contributed by atoms with Gasteiger partial charge in [0.2, 0.25) is 5.91 Å². The Balaban J connectivity index is 1.95. The second kappa shape index (κ2) is 6.25. The van der Waals surface area contributed by atoms with Gasteiger partial charge in [-0.15, -0.1) is 0 Å². The van der Waals surface area contributed by atoms with Crippen molar-refractivity contribution in [3.63, 3.8) is 0 Å². The summed E-state index contributed by atoms with van der Waals surface area (Å²) < 4.78 is 0. The molecule has 0 aromatic carbocycles. The van der Waals surface area contributed by atoms with E-state index in [-0.39, 0.29) is 11.3 Å². The lowest BCUT2D eigenvalue weighted by atomic mass is 9.72. The SMILES string of the molecule is CC1CCC(NC(=O)C2(CN)CCCCC2)C(C)C1. The summed E-state index contributed by atoms with van der Waals surface area (Å²) in [6, 6.07) is 0.369. The Hall–Kier alpha value is -0.570. The maximum Gasteiger partial charge on any atom is 0.227 e. The Morgan fingerprint density at radius 2 is 1.89 bits per heavy atom. The van der Waals surface area contributed by atoms with E-state index in [1.54, 1.807) is 0 Å². The molecule has 2 rings (SSSR count). The number of hydrogen-bond acceptors (Lipinski definition) is 2.